The summed E-state index contributed by atoms with van der Waals surface area (Å²) in [6, 6.07) is 0.289. The van der Waals surface area contributed by atoms with E-state index in [1.165, 1.54) is 6.26 Å². The number of nitrogens with one attached hydrogen (secondary N) is 1. The topological polar surface area (TPSA) is 69.7 Å². The van der Waals surface area contributed by atoms with Crippen LogP contribution in [-0.4, -0.2) is 75.0 Å². The third-order valence-corrected chi connectivity index (χ3v) is 5.33. The molecule has 21 heavy (non-hydrogen) atoms. The maximum atomic E-state index is 12.1. The number of carbonyl (C=O) groups is 1. The van der Waals surface area contributed by atoms with E-state index in [1.54, 1.807) is 0 Å². The fourth-order valence-corrected chi connectivity index (χ4v) is 3.57. The molecule has 0 spiro atoms. The first-order valence-corrected chi connectivity index (χ1v) is 9.85. The second-order valence-electron chi connectivity index (χ2n) is 6.54. The highest BCUT2D eigenvalue weighted by Gasteiger charge is 2.26. The van der Waals surface area contributed by atoms with Crippen molar-refractivity contribution >= 4 is 15.9 Å². The summed E-state index contributed by atoms with van der Waals surface area (Å²) in [6.45, 7) is 6.21. The third-order valence-electron chi connectivity index (χ3n) is 4.40. The van der Waals surface area contributed by atoms with E-state index in [2.05, 4.69) is 17.1 Å². The first-order chi connectivity index (χ1) is 9.83. The fourth-order valence-electron chi connectivity index (χ4n) is 2.98. The predicted molar refractivity (Wildman–Crippen MR) is 83.1 cm³/mol. The summed E-state index contributed by atoms with van der Waals surface area (Å²) in [7, 11) is -2.89. The van der Waals surface area contributed by atoms with Crippen molar-refractivity contribution in [2.24, 2.45) is 5.92 Å². The zero-order chi connectivity index (χ0) is 15.5. The lowest BCUT2D eigenvalue weighted by molar-refractivity contribution is 0.181. The van der Waals surface area contributed by atoms with Gasteiger partial charge in [0.2, 0.25) is 0 Å². The maximum absolute atomic E-state index is 12.1. The van der Waals surface area contributed by atoms with Gasteiger partial charge in [-0.1, -0.05) is 6.92 Å². The summed E-state index contributed by atoms with van der Waals surface area (Å²) < 4.78 is 22.3. The highest BCUT2D eigenvalue weighted by Crippen LogP contribution is 2.16. The van der Waals surface area contributed by atoms with E-state index in [1.807, 2.05) is 4.90 Å². The molecule has 0 radical (unpaired) electrons. The van der Waals surface area contributed by atoms with Gasteiger partial charge < -0.3 is 15.1 Å². The smallest absolute Gasteiger partial charge is 0.317 e. The van der Waals surface area contributed by atoms with Gasteiger partial charge in [-0.25, -0.2) is 13.2 Å². The van der Waals surface area contributed by atoms with Crippen molar-refractivity contribution in [3.05, 3.63) is 0 Å². The van der Waals surface area contributed by atoms with Gasteiger partial charge in [0.15, 0.2) is 0 Å². The molecule has 0 aliphatic carbocycles. The number of urea groups is 1. The molecule has 0 bridgehead atoms. The Bertz CT molecular complexity index is 458. The highest BCUT2D eigenvalue weighted by atomic mass is 32.2. The maximum Gasteiger partial charge on any atom is 0.317 e. The molecule has 2 saturated heterocycles. The summed E-state index contributed by atoms with van der Waals surface area (Å²) in [5, 5.41) is 3.12. The second-order valence-corrected chi connectivity index (χ2v) is 8.79. The van der Waals surface area contributed by atoms with Gasteiger partial charge in [0.1, 0.15) is 9.84 Å². The minimum Gasteiger partial charge on any atom is -0.335 e. The first-order valence-electron chi connectivity index (χ1n) is 7.79. The van der Waals surface area contributed by atoms with Crippen LogP contribution in [0, 0.1) is 5.92 Å². The van der Waals surface area contributed by atoms with Crippen molar-refractivity contribution in [2.45, 2.75) is 32.2 Å². The Morgan fingerprint density at radius 2 is 1.86 bits per heavy atom. The molecule has 2 aliphatic heterocycles. The standard InChI is InChI=1S/C14H27N3O3S/c1-12-3-8-17(11-12)14(18)15-13-4-6-16(7-5-13)9-10-21(2,19)20/h12-13H,3-11H2,1-2H3,(H,15,18). The minimum absolute atomic E-state index is 0.0638. The Morgan fingerprint density at radius 3 is 2.38 bits per heavy atom. The molecule has 2 aliphatic rings. The van der Waals surface area contributed by atoms with Crippen LogP contribution in [0.4, 0.5) is 4.79 Å². The average Bonchev–Trinajstić information content (AvgIpc) is 2.84. The normalized spacial score (nSPS) is 25.2. The number of hydrogen-bond donors (Lipinski definition) is 1. The summed E-state index contributed by atoms with van der Waals surface area (Å²) >= 11 is 0. The summed E-state index contributed by atoms with van der Waals surface area (Å²) in [4.78, 5) is 16.2. The van der Waals surface area contributed by atoms with Crippen molar-refractivity contribution in [1.29, 1.82) is 0 Å². The Kier molecular flexibility index (Phi) is 5.48. The Hall–Kier alpha value is -0.820. The zero-order valence-corrected chi connectivity index (χ0v) is 13.9. The average molecular weight is 317 g/mol. The van der Waals surface area contributed by atoms with Gasteiger partial charge in [0, 0.05) is 45.0 Å². The van der Waals surface area contributed by atoms with Crippen molar-refractivity contribution in [1.82, 2.24) is 15.1 Å². The molecule has 2 amide bonds. The van der Waals surface area contributed by atoms with Gasteiger partial charge in [-0.05, 0) is 25.2 Å². The number of amides is 2. The van der Waals surface area contributed by atoms with Crippen LogP contribution in [0.2, 0.25) is 0 Å². The summed E-state index contributed by atoms with van der Waals surface area (Å²) in [5.41, 5.74) is 0. The molecule has 1 atom stereocenters. The van der Waals surface area contributed by atoms with E-state index in [9.17, 15) is 13.2 Å². The SMILES string of the molecule is CC1CCN(C(=O)NC2CCN(CCS(C)(=O)=O)CC2)C1. The fraction of sp³-hybridized carbons (Fsp3) is 0.929. The van der Waals surface area contributed by atoms with Gasteiger partial charge in [-0.2, -0.15) is 0 Å². The van der Waals surface area contributed by atoms with Gasteiger partial charge in [-0.15, -0.1) is 0 Å². The lowest BCUT2D eigenvalue weighted by atomic mass is 10.1. The van der Waals surface area contributed by atoms with Crippen LogP contribution in [0.15, 0.2) is 0 Å². The Labute approximate surface area is 127 Å². The van der Waals surface area contributed by atoms with Gasteiger partial charge >= 0.3 is 6.03 Å². The van der Waals surface area contributed by atoms with Crippen molar-refractivity contribution in [3.8, 4) is 0 Å². The van der Waals surface area contributed by atoms with Crippen molar-refractivity contribution in [2.75, 3.05) is 44.7 Å². The van der Waals surface area contributed by atoms with E-state index < -0.39 is 9.84 Å². The van der Waals surface area contributed by atoms with Crippen LogP contribution in [0.25, 0.3) is 0 Å². The Balaban J connectivity index is 1.68. The lowest BCUT2D eigenvalue weighted by Crippen LogP contribution is -2.49. The number of piperidine rings is 1. The molecule has 1 N–H and O–H groups in total. The molecule has 0 aromatic heterocycles. The molecule has 6 nitrogen and oxygen atoms in total. The van der Waals surface area contributed by atoms with E-state index >= 15 is 0 Å². The van der Waals surface area contributed by atoms with Crippen LogP contribution in [-0.2, 0) is 9.84 Å². The largest absolute Gasteiger partial charge is 0.335 e. The number of sulfone groups is 1. The van der Waals surface area contributed by atoms with Crippen LogP contribution < -0.4 is 5.32 Å². The molecular weight excluding hydrogens is 290 g/mol. The molecular formula is C14H27N3O3S. The van der Waals surface area contributed by atoms with Crippen molar-refractivity contribution in [3.63, 3.8) is 0 Å². The molecule has 7 heteroatoms. The predicted octanol–water partition coefficient (Wildman–Crippen LogP) is 0.547. The number of nitrogens with zero attached hydrogens (tertiary/aromatic N) is 2. The van der Waals surface area contributed by atoms with Gasteiger partial charge in [0.05, 0.1) is 5.75 Å². The van der Waals surface area contributed by atoms with E-state index in [0.717, 1.165) is 45.4 Å². The van der Waals surface area contributed by atoms with Gasteiger partial charge in [-0.3, -0.25) is 0 Å². The quantitative estimate of drug-likeness (QED) is 0.822. The van der Waals surface area contributed by atoms with Crippen LogP contribution in [0.1, 0.15) is 26.2 Å². The molecule has 0 aromatic carbocycles. The van der Waals surface area contributed by atoms with Crippen molar-refractivity contribution < 1.29 is 13.2 Å². The van der Waals surface area contributed by atoms with Crippen LogP contribution in [0.3, 0.4) is 0 Å². The van der Waals surface area contributed by atoms with Gasteiger partial charge in [0.25, 0.3) is 0 Å². The number of likely N-dealkylation sites (tertiary alicyclic amines) is 2. The lowest BCUT2D eigenvalue weighted by Gasteiger charge is -2.33. The van der Waals surface area contributed by atoms with Crippen LogP contribution in [0.5, 0.6) is 0 Å². The monoisotopic (exact) mass is 317 g/mol. The van der Waals surface area contributed by atoms with Crippen LogP contribution >= 0.6 is 0 Å². The highest BCUT2D eigenvalue weighted by molar-refractivity contribution is 7.90. The molecule has 2 heterocycles. The molecule has 122 valence electrons. The third kappa shape index (κ3) is 5.47. The minimum atomic E-state index is -2.89. The van der Waals surface area contributed by atoms with E-state index in [-0.39, 0.29) is 17.8 Å². The zero-order valence-electron chi connectivity index (χ0n) is 13.0. The van der Waals surface area contributed by atoms with E-state index in [4.69, 9.17) is 0 Å². The molecule has 2 rings (SSSR count). The number of hydrogen-bond acceptors (Lipinski definition) is 4. The molecule has 0 saturated carbocycles. The molecule has 1 unspecified atom stereocenters. The summed E-state index contributed by atoms with van der Waals surface area (Å²) in [6.07, 6.45) is 4.17. The Morgan fingerprint density at radius 1 is 1.19 bits per heavy atom. The molecule has 0 aromatic rings. The number of rotatable bonds is 4. The summed E-state index contributed by atoms with van der Waals surface area (Å²) in [5.74, 6) is 0.823. The first kappa shape index (κ1) is 16.5. The van der Waals surface area contributed by atoms with E-state index in [0.29, 0.717) is 12.5 Å². The number of carbonyl (C=O) groups excluding carboxylic acids is 1. The molecule has 2 fully saturated rings. The second kappa shape index (κ2) is 6.96.